The first-order valence-corrected chi connectivity index (χ1v) is 14.0. The number of hydrogen-bond acceptors (Lipinski definition) is 5. The summed E-state index contributed by atoms with van der Waals surface area (Å²) < 4.78 is 34.0. The van der Waals surface area contributed by atoms with Gasteiger partial charge in [-0.25, -0.2) is 8.42 Å². The minimum absolute atomic E-state index is 0.0146. The predicted octanol–water partition coefficient (Wildman–Crippen LogP) is 4.35. The van der Waals surface area contributed by atoms with Crippen molar-refractivity contribution in [2.75, 3.05) is 29.3 Å². The molecule has 0 radical (unpaired) electrons. The molecule has 1 saturated heterocycles. The maximum Gasteiger partial charge on any atom is 0.264 e. The summed E-state index contributed by atoms with van der Waals surface area (Å²) in [5.74, 6) is -0.909. The van der Waals surface area contributed by atoms with Crippen LogP contribution in [-0.4, -0.2) is 46.0 Å². The fourth-order valence-electron chi connectivity index (χ4n) is 4.25. The SMILES string of the molecule is Cc1ccc(S(=O)(=O)N(CC(=O)Nc2ccccc2C(=O)NC[C@@H]2CCCO2)c2ccc(C)c(C)c2)cc1. The van der Waals surface area contributed by atoms with E-state index in [0.717, 1.165) is 33.8 Å². The summed E-state index contributed by atoms with van der Waals surface area (Å²) in [5, 5.41) is 5.60. The van der Waals surface area contributed by atoms with Crippen molar-refractivity contribution in [1.29, 1.82) is 0 Å². The highest BCUT2D eigenvalue weighted by Gasteiger charge is 2.28. The molecule has 2 N–H and O–H groups in total. The number of rotatable bonds is 9. The number of para-hydroxylation sites is 1. The fourth-order valence-corrected chi connectivity index (χ4v) is 5.66. The number of aryl methyl sites for hydroxylation is 3. The Labute approximate surface area is 224 Å². The molecule has 1 heterocycles. The van der Waals surface area contributed by atoms with Crippen molar-refractivity contribution >= 4 is 33.2 Å². The summed E-state index contributed by atoms with van der Waals surface area (Å²) in [6.07, 6.45) is 1.84. The maximum absolute atomic E-state index is 13.7. The second kappa shape index (κ2) is 11.8. The summed E-state index contributed by atoms with van der Waals surface area (Å²) >= 11 is 0. The van der Waals surface area contributed by atoms with E-state index in [-0.39, 0.29) is 22.5 Å². The van der Waals surface area contributed by atoms with Gasteiger partial charge in [-0.05, 0) is 81.1 Å². The van der Waals surface area contributed by atoms with Gasteiger partial charge in [0, 0.05) is 13.2 Å². The van der Waals surface area contributed by atoms with Gasteiger partial charge in [0.05, 0.1) is 27.9 Å². The quantitative estimate of drug-likeness (QED) is 0.424. The molecule has 1 aliphatic heterocycles. The van der Waals surface area contributed by atoms with Crippen LogP contribution in [0.25, 0.3) is 0 Å². The first-order valence-electron chi connectivity index (χ1n) is 12.6. The lowest BCUT2D eigenvalue weighted by molar-refractivity contribution is -0.114. The zero-order chi connectivity index (χ0) is 27.3. The van der Waals surface area contributed by atoms with Crippen molar-refractivity contribution in [2.45, 2.75) is 44.6 Å². The topological polar surface area (TPSA) is 105 Å². The van der Waals surface area contributed by atoms with Gasteiger partial charge in [-0.1, -0.05) is 35.9 Å². The van der Waals surface area contributed by atoms with Crippen LogP contribution in [0, 0.1) is 20.8 Å². The van der Waals surface area contributed by atoms with Crippen molar-refractivity contribution in [3.63, 3.8) is 0 Å². The van der Waals surface area contributed by atoms with Gasteiger partial charge in [-0.2, -0.15) is 0 Å². The first-order chi connectivity index (χ1) is 18.1. The van der Waals surface area contributed by atoms with Crippen LogP contribution in [0.5, 0.6) is 0 Å². The van der Waals surface area contributed by atoms with Crippen LogP contribution in [0.1, 0.15) is 39.9 Å². The van der Waals surface area contributed by atoms with Crippen LogP contribution < -0.4 is 14.9 Å². The van der Waals surface area contributed by atoms with Crippen LogP contribution >= 0.6 is 0 Å². The fraction of sp³-hybridized carbons (Fsp3) is 0.310. The lowest BCUT2D eigenvalue weighted by Crippen LogP contribution is -2.38. The van der Waals surface area contributed by atoms with Crippen molar-refractivity contribution in [1.82, 2.24) is 5.32 Å². The van der Waals surface area contributed by atoms with Crippen molar-refractivity contribution < 1.29 is 22.7 Å². The monoisotopic (exact) mass is 535 g/mol. The van der Waals surface area contributed by atoms with Crippen molar-refractivity contribution in [2.24, 2.45) is 0 Å². The second-order valence-electron chi connectivity index (χ2n) is 9.53. The molecule has 0 saturated carbocycles. The molecule has 4 rings (SSSR count). The molecule has 3 aromatic rings. The number of nitrogens with zero attached hydrogens (tertiary/aromatic N) is 1. The highest BCUT2D eigenvalue weighted by atomic mass is 32.2. The Bertz CT molecular complexity index is 1410. The van der Waals surface area contributed by atoms with E-state index in [1.807, 2.05) is 26.8 Å². The molecule has 1 atom stereocenters. The van der Waals surface area contributed by atoms with Gasteiger partial charge in [0.2, 0.25) is 5.91 Å². The molecule has 2 amide bonds. The van der Waals surface area contributed by atoms with Gasteiger partial charge in [0.15, 0.2) is 0 Å². The molecular formula is C29H33N3O5S. The summed E-state index contributed by atoms with van der Waals surface area (Å²) in [4.78, 5) is 26.2. The van der Waals surface area contributed by atoms with E-state index >= 15 is 0 Å². The number of hydrogen-bond donors (Lipinski definition) is 2. The Hall–Kier alpha value is -3.69. The molecule has 0 spiro atoms. The number of anilines is 2. The molecule has 9 heteroatoms. The highest BCUT2D eigenvalue weighted by molar-refractivity contribution is 7.92. The lowest BCUT2D eigenvalue weighted by Gasteiger charge is -2.25. The van der Waals surface area contributed by atoms with E-state index in [2.05, 4.69) is 10.6 Å². The Balaban J connectivity index is 1.57. The van der Waals surface area contributed by atoms with Crippen LogP contribution in [0.3, 0.4) is 0 Å². The average molecular weight is 536 g/mol. The highest BCUT2D eigenvalue weighted by Crippen LogP contribution is 2.26. The standard InChI is InChI=1S/C29H33N3O5S/c1-20-10-14-25(15-11-20)38(35,36)32(23-13-12-21(2)22(3)17-23)19-28(33)31-27-9-5-4-8-26(27)29(34)30-18-24-7-6-16-37-24/h4-5,8-15,17,24H,6-7,16,18-19H2,1-3H3,(H,30,34)(H,31,33)/t24-/m0/s1. The van der Waals surface area contributed by atoms with Crippen LogP contribution in [0.2, 0.25) is 0 Å². The van der Waals surface area contributed by atoms with Gasteiger partial charge in [0.25, 0.3) is 15.9 Å². The zero-order valence-electron chi connectivity index (χ0n) is 21.9. The van der Waals surface area contributed by atoms with Gasteiger partial charge >= 0.3 is 0 Å². The molecule has 8 nitrogen and oxygen atoms in total. The van der Waals surface area contributed by atoms with E-state index in [1.54, 1.807) is 48.5 Å². The van der Waals surface area contributed by atoms with Crippen LogP contribution in [-0.2, 0) is 19.6 Å². The maximum atomic E-state index is 13.7. The van der Waals surface area contributed by atoms with Crippen LogP contribution in [0.15, 0.2) is 71.6 Å². The van der Waals surface area contributed by atoms with Gasteiger partial charge < -0.3 is 15.4 Å². The molecule has 0 aromatic heterocycles. The number of sulfonamides is 1. The number of amides is 2. The molecular weight excluding hydrogens is 502 g/mol. The average Bonchev–Trinajstić information content (AvgIpc) is 3.42. The third kappa shape index (κ3) is 6.41. The van der Waals surface area contributed by atoms with E-state index in [1.165, 1.54) is 12.1 Å². The smallest absolute Gasteiger partial charge is 0.264 e. The summed E-state index contributed by atoms with van der Waals surface area (Å²) in [6, 6.07) is 18.4. The molecule has 0 aliphatic carbocycles. The second-order valence-corrected chi connectivity index (χ2v) is 11.4. The van der Waals surface area contributed by atoms with Gasteiger partial charge in [0.1, 0.15) is 6.54 Å². The molecule has 3 aromatic carbocycles. The number of benzene rings is 3. The lowest BCUT2D eigenvalue weighted by atomic mass is 10.1. The van der Waals surface area contributed by atoms with Crippen LogP contribution in [0.4, 0.5) is 11.4 Å². The number of ether oxygens (including phenoxy) is 1. The Kier molecular flexibility index (Phi) is 8.48. The number of nitrogens with one attached hydrogen (secondary N) is 2. The third-order valence-corrected chi connectivity index (χ3v) is 8.42. The Morgan fingerprint density at radius 3 is 2.39 bits per heavy atom. The van der Waals surface area contributed by atoms with Gasteiger partial charge in [-0.15, -0.1) is 0 Å². The summed E-state index contributed by atoms with van der Waals surface area (Å²) in [6.45, 7) is 6.31. The minimum atomic E-state index is -4.05. The number of carbonyl (C=O) groups is 2. The minimum Gasteiger partial charge on any atom is -0.376 e. The van der Waals surface area contributed by atoms with E-state index in [0.29, 0.717) is 24.5 Å². The number of carbonyl (C=O) groups excluding carboxylic acids is 2. The normalized spacial score (nSPS) is 15.2. The molecule has 1 fully saturated rings. The largest absolute Gasteiger partial charge is 0.376 e. The van der Waals surface area contributed by atoms with E-state index in [4.69, 9.17) is 4.74 Å². The summed E-state index contributed by atoms with van der Waals surface area (Å²) in [5.41, 5.74) is 3.81. The molecule has 0 bridgehead atoms. The van der Waals surface area contributed by atoms with E-state index < -0.39 is 22.5 Å². The molecule has 38 heavy (non-hydrogen) atoms. The van der Waals surface area contributed by atoms with E-state index in [9.17, 15) is 18.0 Å². The Morgan fingerprint density at radius 2 is 1.71 bits per heavy atom. The van der Waals surface area contributed by atoms with Crippen molar-refractivity contribution in [3.8, 4) is 0 Å². The zero-order valence-corrected chi connectivity index (χ0v) is 22.7. The van der Waals surface area contributed by atoms with Crippen molar-refractivity contribution in [3.05, 3.63) is 89.0 Å². The third-order valence-electron chi connectivity index (χ3n) is 6.63. The molecule has 200 valence electrons. The summed E-state index contributed by atoms with van der Waals surface area (Å²) in [7, 11) is -4.05. The van der Waals surface area contributed by atoms with Gasteiger partial charge in [-0.3, -0.25) is 13.9 Å². The molecule has 0 unspecified atom stereocenters. The predicted molar refractivity (Wildman–Crippen MR) is 148 cm³/mol. The Morgan fingerprint density at radius 1 is 0.974 bits per heavy atom. The first kappa shape index (κ1) is 27.3. The molecule has 1 aliphatic rings.